The van der Waals surface area contributed by atoms with Crippen LogP contribution in [0.5, 0.6) is 11.5 Å². The van der Waals surface area contributed by atoms with Crippen LogP contribution in [0.1, 0.15) is 18.0 Å². The smallest absolute Gasteiger partial charge is 0.309 e. The summed E-state index contributed by atoms with van der Waals surface area (Å²) in [6.07, 6.45) is 0.0187. The minimum absolute atomic E-state index is 0.0187. The van der Waals surface area contributed by atoms with Crippen molar-refractivity contribution in [1.82, 2.24) is 4.90 Å². The molecule has 0 bridgehead atoms. The molecule has 0 radical (unpaired) electrons. The molecule has 1 N–H and O–H groups in total. The van der Waals surface area contributed by atoms with Gasteiger partial charge >= 0.3 is 5.97 Å². The molecule has 1 aromatic carbocycles. The van der Waals surface area contributed by atoms with E-state index in [9.17, 15) is 14.7 Å². The summed E-state index contributed by atoms with van der Waals surface area (Å²) in [5.41, 5.74) is 0.725. The van der Waals surface area contributed by atoms with Crippen LogP contribution in [0.2, 0.25) is 0 Å². The third-order valence-corrected chi connectivity index (χ3v) is 3.65. The second kappa shape index (κ2) is 5.40. The van der Waals surface area contributed by atoms with Crippen molar-refractivity contribution in [2.75, 3.05) is 21.3 Å². The van der Waals surface area contributed by atoms with Gasteiger partial charge < -0.3 is 19.5 Å². The number of rotatable bonds is 4. The number of nitrogens with zero attached hydrogens (tertiary/aromatic N) is 1. The second-order valence-corrected chi connectivity index (χ2v) is 4.71. The number of carbonyl (C=O) groups is 2. The van der Waals surface area contributed by atoms with E-state index < -0.39 is 17.9 Å². The number of hydrogen-bond acceptors (Lipinski definition) is 4. The molecule has 1 heterocycles. The zero-order valence-corrected chi connectivity index (χ0v) is 11.6. The van der Waals surface area contributed by atoms with Gasteiger partial charge in [0.25, 0.3) is 0 Å². The van der Waals surface area contributed by atoms with E-state index in [2.05, 4.69) is 0 Å². The number of carbonyl (C=O) groups excluding carboxylic acids is 1. The zero-order valence-electron chi connectivity index (χ0n) is 11.6. The molecule has 6 nitrogen and oxygen atoms in total. The lowest BCUT2D eigenvalue weighted by molar-refractivity contribution is -0.142. The summed E-state index contributed by atoms with van der Waals surface area (Å²) in [6, 6.07) is 4.70. The van der Waals surface area contributed by atoms with E-state index in [-0.39, 0.29) is 12.3 Å². The maximum absolute atomic E-state index is 11.8. The summed E-state index contributed by atoms with van der Waals surface area (Å²) >= 11 is 0. The van der Waals surface area contributed by atoms with Crippen molar-refractivity contribution in [3.63, 3.8) is 0 Å². The normalized spacial score (nSPS) is 21.9. The molecular formula is C14H17NO5. The molecule has 108 valence electrons. The fourth-order valence-electron chi connectivity index (χ4n) is 2.58. The number of carboxylic acid groups (broad SMARTS) is 1. The molecular weight excluding hydrogens is 262 g/mol. The van der Waals surface area contributed by atoms with Gasteiger partial charge in [0.05, 0.1) is 26.2 Å². The van der Waals surface area contributed by atoms with Gasteiger partial charge in [-0.05, 0) is 17.7 Å². The molecule has 20 heavy (non-hydrogen) atoms. The van der Waals surface area contributed by atoms with Crippen LogP contribution in [-0.4, -0.2) is 43.2 Å². The second-order valence-electron chi connectivity index (χ2n) is 4.71. The molecule has 6 heteroatoms. The Balaban J connectivity index is 2.43. The summed E-state index contributed by atoms with van der Waals surface area (Å²) in [6.45, 7) is 0. The maximum atomic E-state index is 11.8. The molecule has 1 fully saturated rings. The Kier molecular flexibility index (Phi) is 3.83. The summed E-state index contributed by atoms with van der Waals surface area (Å²) in [7, 11) is 4.66. The standard InChI is InChI=1S/C14H17NO5/c1-15-12(16)7-9(14(17)18)13(15)8-4-5-10(19-2)11(6-8)20-3/h4-6,9,13H,7H2,1-3H3,(H,17,18)/t9-,13-/m0/s1. The molecule has 0 spiro atoms. The van der Waals surface area contributed by atoms with Crippen molar-refractivity contribution < 1.29 is 24.2 Å². The molecule has 0 saturated carbocycles. The van der Waals surface area contributed by atoms with E-state index in [0.29, 0.717) is 11.5 Å². The van der Waals surface area contributed by atoms with Gasteiger partial charge in [0.2, 0.25) is 5.91 Å². The highest BCUT2D eigenvalue weighted by molar-refractivity contribution is 5.87. The van der Waals surface area contributed by atoms with Crippen molar-refractivity contribution in [2.24, 2.45) is 5.92 Å². The molecule has 0 unspecified atom stereocenters. The van der Waals surface area contributed by atoms with E-state index in [1.807, 2.05) is 0 Å². The number of likely N-dealkylation sites (tertiary alicyclic amines) is 1. The molecule has 0 aliphatic carbocycles. The molecule has 1 aliphatic rings. The summed E-state index contributed by atoms with van der Waals surface area (Å²) in [5.74, 6) is -0.803. The van der Waals surface area contributed by atoms with Crippen LogP contribution in [0, 0.1) is 5.92 Å². The van der Waals surface area contributed by atoms with Crippen LogP contribution in [0.4, 0.5) is 0 Å². The molecule has 0 aromatic heterocycles. The van der Waals surface area contributed by atoms with Gasteiger partial charge in [0.15, 0.2) is 11.5 Å². The molecule has 1 saturated heterocycles. The molecule has 1 aliphatic heterocycles. The van der Waals surface area contributed by atoms with E-state index in [1.165, 1.54) is 19.1 Å². The lowest BCUT2D eigenvalue weighted by atomic mass is 9.93. The van der Waals surface area contributed by atoms with E-state index in [1.54, 1.807) is 25.2 Å². The van der Waals surface area contributed by atoms with Gasteiger partial charge in [-0.1, -0.05) is 6.07 Å². The van der Waals surface area contributed by atoms with Crippen molar-refractivity contribution in [3.05, 3.63) is 23.8 Å². The molecule has 1 amide bonds. The number of ether oxygens (including phenoxy) is 2. The quantitative estimate of drug-likeness (QED) is 0.899. The van der Waals surface area contributed by atoms with Gasteiger partial charge in [-0.2, -0.15) is 0 Å². The van der Waals surface area contributed by atoms with Crippen molar-refractivity contribution >= 4 is 11.9 Å². The Morgan fingerprint density at radius 2 is 1.95 bits per heavy atom. The van der Waals surface area contributed by atoms with Crippen molar-refractivity contribution in [1.29, 1.82) is 0 Å². The third kappa shape index (κ3) is 2.29. The fourth-order valence-corrected chi connectivity index (χ4v) is 2.58. The number of benzene rings is 1. The highest BCUT2D eigenvalue weighted by atomic mass is 16.5. The van der Waals surface area contributed by atoms with Gasteiger partial charge in [-0.3, -0.25) is 9.59 Å². The molecule has 2 rings (SSSR count). The summed E-state index contributed by atoms with van der Waals surface area (Å²) in [5, 5.41) is 9.27. The SMILES string of the molecule is COc1ccc([C@H]2[C@@H](C(=O)O)CC(=O)N2C)cc1OC. The predicted molar refractivity (Wildman–Crippen MR) is 70.8 cm³/mol. The van der Waals surface area contributed by atoms with Crippen LogP contribution in [0.3, 0.4) is 0 Å². The fraction of sp³-hybridized carbons (Fsp3) is 0.429. The van der Waals surface area contributed by atoms with E-state index in [0.717, 1.165) is 5.56 Å². The number of hydrogen-bond donors (Lipinski definition) is 1. The number of carboxylic acids is 1. The Morgan fingerprint density at radius 3 is 2.50 bits per heavy atom. The van der Waals surface area contributed by atoms with Gasteiger partial charge in [0, 0.05) is 13.5 Å². The van der Waals surface area contributed by atoms with Crippen LogP contribution in [0.15, 0.2) is 18.2 Å². The summed E-state index contributed by atoms with van der Waals surface area (Å²) < 4.78 is 10.4. The van der Waals surface area contributed by atoms with E-state index in [4.69, 9.17) is 9.47 Å². The van der Waals surface area contributed by atoms with Crippen molar-refractivity contribution in [2.45, 2.75) is 12.5 Å². The van der Waals surface area contributed by atoms with Crippen LogP contribution in [0.25, 0.3) is 0 Å². The number of amides is 1. The van der Waals surface area contributed by atoms with Crippen LogP contribution >= 0.6 is 0 Å². The average molecular weight is 279 g/mol. The Morgan fingerprint density at radius 1 is 1.30 bits per heavy atom. The van der Waals surface area contributed by atoms with Crippen molar-refractivity contribution in [3.8, 4) is 11.5 Å². The first-order valence-corrected chi connectivity index (χ1v) is 6.20. The lowest BCUT2D eigenvalue weighted by Gasteiger charge is -2.24. The van der Waals surface area contributed by atoms with Crippen LogP contribution in [-0.2, 0) is 9.59 Å². The average Bonchev–Trinajstić information content (AvgIpc) is 2.74. The number of methoxy groups -OCH3 is 2. The topological polar surface area (TPSA) is 76.1 Å². The monoisotopic (exact) mass is 279 g/mol. The minimum atomic E-state index is -0.970. The first kappa shape index (κ1) is 14.2. The largest absolute Gasteiger partial charge is 0.493 e. The number of aliphatic carboxylic acids is 1. The maximum Gasteiger partial charge on any atom is 0.309 e. The van der Waals surface area contributed by atoms with Gasteiger partial charge in [-0.15, -0.1) is 0 Å². The highest BCUT2D eigenvalue weighted by Gasteiger charge is 2.43. The Hall–Kier alpha value is -2.24. The predicted octanol–water partition coefficient (Wildman–Crippen LogP) is 1.31. The third-order valence-electron chi connectivity index (χ3n) is 3.65. The first-order valence-electron chi connectivity index (χ1n) is 6.20. The summed E-state index contributed by atoms with van der Waals surface area (Å²) in [4.78, 5) is 24.5. The minimum Gasteiger partial charge on any atom is -0.493 e. The lowest BCUT2D eigenvalue weighted by Crippen LogP contribution is -2.26. The Labute approximate surface area is 116 Å². The van der Waals surface area contributed by atoms with E-state index >= 15 is 0 Å². The molecule has 2 atom stereocenters. The highest BCUT2D eigenvalue weighted by Crippen LogP contribution is 2.40. The van der Waals surface area contributed by atoms with Gasteiger partial charge in [-0.25, -0.2) is 0 Å². The Bertz CT molecular complexity index is 542. The zero-order chi connectivity index (χ0) is 14.9. The first-order chi connectivity index (χ1) is 9.49. The van der Waals surface area contributed by atoms with Crippen LogP contribution < -0.4 is 9.47 Å². The van der Waals surface area contributed by atoms with Gasteiger partial charge in [0.1, 0.15) is 0 Å². The molecule has 1 aromatic rings.